The molecule has 0 saturated heterocycles. The van der Waals surface area contributed by atoms with Gasteiger partial charge in [-0.2, -0.15) is 0 Å². The number of H-pyrrole nitrogens is 1. The summed E-state index contributed by atoms with van der Waals surface area (Å²) < 4.78 is 0. The maximum Gasteiger partial charge on any atom is 0.264 e. The molecule has 0 saturated carbocycles. The molecule has 0 fully saturated rings. The normalized spacial score (nSPS) is 15.5. The first-order valence-electron chi connectivity index (χ1n) is 8.15. The molecular formula is C18H20N4O2. The van der Waals surface area contributed by atoms with E-state index in [-0.39, 0.29) is 11.6 Å². The predicted molar refractivity (Wildman–Crippen MR) is 91.6 cm³/mol. The van der Waals surface area contributed by atoms with Gasteiger partial charge in [-0.15, -0.1) is 0 Å². The standard InChI is InChI=1S/C18H20N4O2/c1-12(13-7-3-2-4-8-13)21-17(23)14-11-20-16(22-18(14)24)15-9-5-6-10-19-15/h5-7,9-12H,2-4,8H2,1H3,(H,21,23)(H,20,22,24). The van der Waals surface area contributed by atoms with Crippen LogP contribution in [0.25, 0.3) is 11.5 Å². The molecule has 1 atom stereocenters. The topological polar surface area (TPSA) is 87.7 Å². The summed E-state index contributed by atoms with van der Waals surface area (Å²) in [6.45, 7) is 1.94. The Bertz CT molecular complexity index is 811. The number of hydrogen-bond donors (Lipinski definition) is 2. The molecule has 0 radical (unpaired) electrons. The Morgan fingerprint density at radius 1 is 1.29 bits per heavy atom. The maximum atomic E-state index is 12.4. The van der Waals surface area contributed by atoms with E-state index in [1.807, 2.05) is 13.0 Å². The van der Waals surface area contributed by atoms with Gasteiger partial charge in [-0.1, -0.05) is 17.7 Å². The Hall–Kier alpha value is -2.76. The summed E-state index contributed by atoms with van der Waals surface area (Å²) in [7, 11) is 0. The van der Waals surface area contributed by atoms with Gasteiger partial charge in [0.2, 0.25) is 0 Å². The van der Waals surface area contributed by atoms with Crippen molar-refractivity contribution in [3.05, 3.63) is 58.2 Å². The highest BCUT2D eigenvalue weighted by Crippen LogP contribution is 2.20. The van der Waals surface area contributed by atoms with Gasteiger partial charge in [-0.25, -0.2) is 4.98 Å². The van der Waals surface area contributed by atoms with Crippen LogP contribution in [0, 0.1) is 0 Å². The zero-order valence-corrected chi connectivity index (χ0v) is 13.6. The molecule has 2 aromatic heterocycles. The summed E-state index contributed by atoms with van der Waals surface area (Å²) >= 11 is 0. The van der Waals surface area contributed by atoms with Crippen LogP contribution in [0.3, 0.4) is 0 Å². The molecule has 0 aromatic carbocycles. The molecule has 0 aliphatic heterocycles. The van der Waals surface area contributed by atoms with Crippen LogP contribution >= 0.6 is 0 Å². The van der Waals surface area contributed by atoms with Crippen molar-refractivity contribution in [2.24, 2.45) is 0 Å². The van der Waals surface area contributed by atoms with Gasteiger partial charge in [0.1, 0.15) is 11.3 Å². The minimum Gasteiger partial charge on any atom is -0.346 e. The Labute approximate surface area is 140 Å². The predicted octanol–water partition coefficient (Wildman–Crippen LogP) is 2.45. The van der Waals surface area contributed by atoms with Crippen molar-refractivity contribution in [2.75, 3.05) is 0 Å². The van der Waals surface area contributed by atoms with Crippen LogP contribution < -0.4 is 10.9 Å². The van der Waals surface area contributed by atoms with E-state index in [1.165, 1.54) is 18.2 Å². The van der Waals surface area contributed by atoms with Crippen LogP contribution in [0.15, 0.2) is 47.0 Å². The lowest BCUT2D eigenvalue weighted by Crippen LogP contribution is -2.37. The Morgan fingerprint density at radius 2 is 2.17 bits per heavy atom. The summed E-state index contributed by atoms with van der Waals surface area (Å²) in [5, 5.41) is 2.88. The van der Waals surface area contributed by atoms with E-state index in [0.29, 0.717) is 11.5 Å². The first-order chi connectivity index (χ1) is 11.6. The SMILES string of the molecule is CC(NC(=O)c1cnc(-c2ccccn2)[nH]c1=O)C1=CCCCC1. The number of aromatic nitrogens is 3. The fraction of sp³-hybridized carbons (Fsp3) is 0.333. The molecule has 6 heteroatoms. The summed E-state index contributed by atoms with van der Waals surface area (Å²) in [4.78, 5) is 35.5. The van der Waals surface area contributed by atoms with Crippen LogP contribution in [0.5, 0.6) is 0 Å². The number of carbonyl (C=O) groups is 1. The number of nitrogens with one attached hydrogen (secondary N) is 2. The highest BCUT2D eigenvalue weighted by atomic mass is 16.2. The van der Waals surface area contributed by atoms with Crippen molar-refractivity contribution in [1.82, 2.24) is 20.3 Å². The third-order valence-corrected chi connectivity index (χ3v) is 4.18. The minimum atomic E-state index is -0.465. The number of allylic oxidation sites excluding steroid dienone is 1. The van der Waals surface area contributed by atoms with Gasteiger partial charge < -0.3 is 10.3 Å². The highest BCUT2D eigenvalue weighted by molar-refractivity contribution is 5.94. The van der Waals surface area contributed by atoms with E-state index < -0.39 is 11.5 Å². The quantitative estimate of drug-likeness (QED) is 0.846. The van der Waals surface area contributed by atoms with Gasteiger partial charge in [0.05, 0.1) is 0 Å². The summed E-state index contributed by atoms with van der Waals surface area (Å²) in [6, 6.07) is 5.26. The Morgan fingerprint density at radius 3 is 2.83 bits per heavy atom. The smallest absolute Gasteiger partial charge is 0.264 e. The van der Waals surface area contributed by atoms with Crippen LogP contribution in [0.4, 0.5) is 0 Å². The second kappa shape index (κ2) is 7.21. The Balaban J connectivity index is 1.76. The first kappa shape index (κ1) is 16.1. The molecule has 6 nitrogen and oxygen atoms in total. The highest BCUT2D eigenvalue weighted by Gasteiger charge is 2.18. The molecule has 24 heavy (non-hydrogen) atoms. The van der Waals surface area contributed by atoms with Gasteiger partial charge >= 0.3 is 0 Å². The van der Waals surface area contributed by atoms with E-state index in [1.54, 1.807) is 18.3 Å². The van der Waals surface area contributed by atoms with E-state index in [2.05, 4.69) is 26.3 Å². The van der Waals surface area contributed by atoms with Gasteiger partial charge in [0, 0.05) is 18.4 Å². The molecular weight excluding hydrogens is 304 g/mol. The van der Waals surface area contributed by atoms with Gasteiger partial charge in [-0.05, 0) is 44.7 Å². The first-order valence-corrected chi connectivity index (χ1v) is 8.15. The number of hydrogen-bond acceptors (Lipinski definition) is 4. The van der Waals surface area contributed by atoms with Crippen molar-refractivity contribution in [3.8, 4) is 11.5 Å². The fourth-order valence-electron chi connectivity index (χ4n) is 2.81. The van der Waals surface area contributed by atoms with E-state index in [9.17, 15) is 9.59 Å². The zero-order valence-electron chi connectivity index (χ0n) is 13.6. The van der Waals surface area contributed by atoms with E-state index in [0.717, 1.165) is 19.3 Å². The Kier molecular flexibility index (Phi) is 4.84. The van der Waals surface area contributed by atoms with Gasteiger partial charge in [0.15, 0.2) is 5.82 Å². The number of amides is 1. The lowest BCUT2D eigenvalue weighted by Gasteiger charge is -2.20. The molecule has 124 valence electrons. The fourth-order valence-corrected chi connectivity index (χ4v) is 2.81. The number of rotatable bonds is 4. The zero-order chi connectivity index (χ0) is 16.9. The lowest BCUT2D eigenvalue weighted by atomic mass is 9.94. The molecule has 0 spiro atoms. The number of carbonyl (C=O) groups excluding carboxylic acids is 1. The van der Waals surface area contributed by atoms with Crippen molar-refractivity contribution in [1.29, 1.82) is 0 Å². The van der Waals surface area contributed by atoms with Crippen molar-refractivity contribution >= 4 is 5.91 Å². The van der Waals surface area contributed by atoms with E-state index in [4.69, 9.17) is 0 Å². The summed E-state index contributed by atoms with van der Waals surface area (Å²) in [6.07, 6.45) is 9.50. The summed E-state index contributed by atoms with van der Waals surface area (Å²) in [5.41, 5.74) is 1.33. The average molecular weight is 324 g/mol. The monoisotopic (exact) mass is 324 g/mol. The molecule has 1 aliphatic carbocycles. The third kappa shape index (κ3) is 3.59. The van der Waals surface area contributed by atoms with Crippen molar-refractivity contribution in [2.45, 2.75) is 38.6 Å². The number of nitrogens with zero attached hydrogens (tertiary/aromatic N) is 2. The number of aromatic amines is 1. The van der Waals surface area contributed by atoms with Gasteiger partial charge in [-0.3, -0.25) is 14.6 Å². The second-order valence-corrected chi connectivity index (χ2v) is 5.91. The van der Waals surface area contributed by atoms with E-state index >= 15 is 0 Å². The number of pyridine rings is 1. The third-order valence-electron chi connectivity index (χ3n) is 4.18. The summed E-state index contributed by atoms with van der Waals surface area (Å²) in [5.74, 6) is -0.0597. The van der Waals surface area contributed by atoms with Crippen molar-refractivity contribution in [3.63, 3.8) is 0 Å². The molecule has 0 bridgehead atoms. The molecule has 3 rings (SSSR count). The molecule has 1 aliphatic rings. The largest absolute Gasteiger partial charge is 0.346 e. The molecule has 1 amide bonds. The van der Waals surface area contributed by atoms with Crippen LogP contribution in [-0.2, 0) is 0 Å². The minimum absolute atomic E-state index is 0.0120. The molecule has 2 heterocycles. The van der Waals surface area contributed by atoms with Crippen LogP contribution in [0.1, 0.15) is 43.0 Å². The van der Waals surface area contributed by atoms with Crippen LogP contribution in [0.2, 0.25) is 0 Å². The van der Waals surface area contributed by atoms with Crippen LogP contribution in [-0.4, -0.2) is 26.9 Å². The molecule has 2 aromatic rings. The average Bonchev–Trinajstić information content (AvgIpc) is 2.63. The second-order valence-electron chi connectivity index (χ2n) is 5.91. The van der Waals surface area contributed by atoms with Gasteiger partial charge in [0.25, 0.3) is 11.5 Å². The maximum absolute atomic E-state index is 12.4. The molecule has 2 N–H and O–H groups in total. The molecule has 1 unspecified atom stereocenters. The lowest BCUT2D eigenvalue weighted by molar-refractivity contribution is 0.0942. The van der Waals surface area contributed by atoms with Crippen molar-refractivity contribution < 1.29 is 4.79 Å².